The number of nitrogens with zero attached hydrogens (tertiary/aromatic N) is 1. The average molecular weight is 270 g/mol. The Labute approximate surface area is 114 Å². The second kappa shape index (κ2) is 4.52. The van der Waals surface area contributed by atoms with Crippen molar-refractivity contribution >= 4 is 11.1 Å². The van der Waals surface area contributed by atoms with Crippen LogP contribution < -0.4 is 5.56 Å². The molecular formula is C15H14N2O3. The minimum Gasteiger partial charge on any atom is -0.508 e. The molecule has 3 aromatic rings. The first-order valence-corrected chi connectivity index (χ1v) is 6.37. The predicted molar refractivity (Wildman–Crippen MR) is 75.8 cm³/mol. The van der Waals surface area contributed by atoms with E-state index in [0.29, 0.717) is 22.6 Å². The van der Waals surface area contributed by atoms with Gasteiger partial charge in [-0.05, 0) is 18.1 Å². The molecular weight excluding hydrogens is 256 g/mol. The fourth-order valence-electron chi connectivity index (χ4n) is 2.14. The van der Waals surface area contributed by atoms with Crippen molar-refractivity contribution in [3.05, 3.63) is 46.4 Å². The van der Waals surface area contributed by atoms with Gasteiger partial charge in [-0.15, -0.1) is 0 Å². The van der Waals surface area contributed by atoms with Gasteiger partial charge in [-0.1, -0.05) is 13.8 Å². The first-order chi connectivity index (χ1) is 9.54. The highest BCUT2D eigenvalue weighted by molar-refractivity contribution is 5.81. The molecule has 2 aromatic heterocycles. The molecule has 1 aromatic carbocycles. The zero-order chi connectivity index (χ0) is 14.3. The van der Waals surface area contributed by atoms with Gasteiger partial charge in [0.05, 0.1) is 5.56 Å². The van der Waals surface area contributed by atoms with E-state index < -0.39 is 0 Å². The number of aromatic hydroxyl groups is 1. The molecule has 0 aliphatic rings. The number of fused-ring (bicyclic) bond motifs is 1. The summed E-state index contributed by atoms with van der Waals surface area (Å²) in [6.45, 7) is 4.05. The highest BCUT2D eigenvalue weighted by atomic mass is 16.3. The van der Waals surface area contributed by atoms with Gasteiger partial charge in [-0.3, -0.25) is 4.79 Å². The Kier molecular flexibility index (Phi) is 2.82. The Hall–Kier alpha value is -2.56. The SMILES string of the molecule is CC(C)c1cc(O)cc2nc(-c3ccc(=O)[nH]c3)oc12. The number of phenols is 1. The van der Waals surface area contributed by atoms with Crippen molar-refractivity contribution in [2.45, 2.75) is 19.8 Å². The summed E-state index contributed by atoms with van der Waals surface area (Å²) in [5, 5.41) is 9.75. The van der Waals surface area contributed by atoms with Crippen molar-refractivity contribution in [2.75, 3.05) is 0 Å². The Morgan fingerprint density at radius 1 is 1.30 bits per heavy atom. The number of phenolic OH excluding ortho intramolecular Hbond substituents is 1. The van der Waals surface area contributed by atoms with E-state index in [-0.39, 0.29) is 17.2 Å². The third-order valence-corrected chi connectivity index (χ3v) is 3.16. The van der Waals surface area contributed by atoms with Crippen molar-refractivity contribution in [2.24, 2.45) is 0 Å². The Morgan fingerprint density at radius 2 is 2.10 bits per heavy atom. The normalized spacial score (nSPS) is 11.3. The van der Waals surface area contributed by atoms with Crippen LogP contribution in [-0.2, 0) is 0 Å². The number of oxazole rings is 1. The van der Waals surface area contributed by atoms with Gasteiger partial charge in [0, 0.05) is 23.9 Å². The number of pyridine rings is 1. The number of aromatic nitrogens is 2. The second-order valence-electron chi connectivity index (χ2n) is 5.00. The molecule has 0 amide bonds. The quantitative estimate of drug-likeness (QED) is 0.750. The van der Waals surface area contributed by atoms with E-state index in [1.54, 1.807) is 24.4 Å². The maximum absolute atomic E-state index is 11.1. The van der Waals surface area contributed by atoms with Gasteiger partial charge >= 0.3 is 0 Å². The van der Waals surface area contributed by atoms with Crippen LogP contribution in [0.25, 0.3) is 22.6 Å². The fraction of sp³-hybridized carbons (Fsp3) is 0.200. The van der Waals surface area contributed by atoms with Crippen LogP contribution in [0, 0.1) is 0 Å². The number of H-pyrrole nitrogens is 1. The average Bonchev–Trinajstić information content (AvgIpc) is 2.81. The highest BCUT2D eigenvalue weighted by Crippen LogP contribution is 2.32. The number of aromatic amines is 1. The van der Waals surface area contributed by atoms with Crippen LogP contribution in [0.5, 0.6) is 5.75 Å². The summed E-state index contributed by atoms with van der Waals surface area (Å²) in [5.74, 6) is 0.798. The Bertz CT molecular complexity index is 810. The molecule has 0 spiro atoms. The maximum atomic E-state index is 11.1. The third kappa shape index (κ3) is 2.07. The molecule has 0 unspecified atom stereocenters. The standard InChI is InChI=1S/C15H14N2O3/c1-8(2)11-5-10(18)6-12-14(11)20-15(17-12)9-3-4-13(19)16-7-9/h3-8,18H,1-2H3,(H,16,19). The lowest BCUT2D eigenvalue weighted by Crippen LogP contribution is -2.01. The molecule has 5 nitrogen and oxygen atoms in total. The molecule has 20 heavy (non-hydrogen) atoms. The van der Waals surface area contributed by atoms with E-state index in [2.05, 4.69) is 9.97 Å². The molecule has 0 aliphatic heterocycles. The summed E-state index contributed by atoms with van der Waals surface area (Å²) in [7, 11) is 0. The van der Waals surface area contributed by atoms with E-state index in [9.17, 15) is 9.90 Å². The molecule has 0 saturated carbocycles. The number of nitrogens with one attached hydrogen (secondary N) is 1. The molecule has 0 radical (unpaired) electrons. The number of benzene rings is 1. The van der Waals surface area contributed by atoms with Crippen molar-refractivity contribution in [3.63, 3.8) is 0 Å². The molecule has 5 heteroatoms. The summed E-state index contributed by atoms with van der Waals surface area (Å²) in [6.07, 6.45) is 1.56. The molecule has 0 atom stereocenters. The van der Waals surface area contributed by atoms with E-state index in [4.69, 9.17) is 4.42 Å². The van der Waals surface area contributed by atoms with Crippen LogP contribution in [0.3, 0.4) is 0 Å². The molecule has 0 bridgehead atoms. The topological polar surface area (TPSA) is 79.1 Å². The monoisotopic (exact) mass is 270 g/mol. The van der Waals surface area contributed by atoms with Crippen molar-refractivity contribution in [1.29, 1.82) is 0 Å². The van der Waals surface area contributed by atoms with Gasteiger partial charge in [-0.25, -0.2) is 4.98 Å². The minimum absolute atomic E-state index is 0.169. The molecule has 2 N–H and O–H groups in total. The zero-order valence-corrected chi connectivity index (χ0v) is 11.2. The number of rotatable bonds is 2. The predicted octanol–water partition coefficient (Wildman–Crippen LogP) is 3.01. The lowest BCUT2D eigenvalue weighted by atomic mass is 10.0. The molecule has 0 fully saturated rings. The van der Waals surface area contributed by atoms with Gasteiger partial charge in [0.15, 0.2) is 5.58 Å². The fourth-order valence-corrected chi connectivity index (χ4v) is 2.14. The van der Waals surface area contributed by atoms with E-state index in [0.717, 1.165) is 5.56 Å². The maximum Gasteiger partial charge on any atom is 0.247 e. The lowest BCUT2D eigenvalue weighted by molar-refractivity contribution is 0.474. The number of hydrogen-bond donors (Lipinski definition) is 2. The number of hydrogen-bond acceptors (Lipinski definition) is 4. The molecule has 0 saturated heterocycles. The summed E-state index contributed by atoms with van der Waals surface area (Å²) >= 11 is 0. The van der Waals surface area contributed by atoms with Gasteiger partial charge in [0.1, 0.15) is 11.3 Å². The van der Waals surface area contributed by atoms with Gasteiger partial charge in [0.2, 0.25) is 11.4 Å². The first-order valence-electron chi connectivity index (χ1n) is 6.37. The van der Waals surface area contributed by atoms with Crippen LogP contribution in [0.15, 0.2) is 39.7 Å². The highest BCUT2D eigenvalue weighted by Gasteiger charge is 2.15. The Balaban J connectivity index is 2.22. The van der Waals surface area contributed by atoms with Crippen LogP contribution in [0.4, 0.5) is 0 Å². The van der Waals surface area contributed by atoms with E-state index >= 15 is 0 Å². The molecule has 2 heterocycles. The van der Waals surface area contributed by atoms with E-state index in [1.807, 2.05) is 13.8 Å². The molecule has 102 valence electrons. The smallest absolute Gasteiger partial charge is 0.247 e. The molecule has 3 rings (SSSR count). The van der Waals surface area contributed by atoms with E-state index in [1.165, 1.54) is 6.07 Å². The second-order valence-corrected chi connectivity index (χ2v) is 5.00. The van der Waals surface area contributed by atoms with Crippen LogP contribution in [-0.4, -0.2) is 15.1 Å². The zero-order valence-electron chi connectivity index (χ0n) is 11.2. The van der Waals surface area contributed by atoms with Gasteiger partial charge < -0.3 is 14.5 Å². The molecule has 0 aliphatic carbocycles. The van der Waals surface area contributed by atoms with Crippen LogP contribution in [0.2, 0.25) is 0 Å². The first kappa shape index (κ1) is 12.5. The van der Waals surface area contributed by atoms with Gasteiger partial charge in [-0.2, -0.15) is 0 Å². The summed E-state index contributed by atoms with van der Waals surface area (Å²) in [6, 6.07) is 6.33. The van der Waals surface area contributed by atoms with Crippen molar-refractivity contribution in [3.8, 4) is 17.2 Å². The largest absolute Gasteiger partial charge is 0.508 e. The van der Waals surface area contributed by atoms with Crippen molar-refractivity contribution < 1.29 is 9.52 Å². The summed E-state index contributed by atoms with van der Waals surface area (Å²) in [5.41, 5.74) is 2.69. The Morgan fingerprint density at radius 3 is 2.75 bits per heavy atom. The van der Waals surface area contributed by atoms with Crippen LogP contribution in [0.1, 0.15) is 25.3 Å². The summed E-state index contributed by atoms with van der Waals surface area (Å²) in [4.78, 5) is 18.0. The summed E-state index contributed by atoms with van der Waals surface area (Å²) < 4.78 is 5.80. The van der Waals surface area contributed by atoms with Gasteiger partial charge in [0.25, 0.3) is 0 Å². The lowest BCUT2D eigenvalue weighted by Gasteiger charge is -2.05. The third-order valence-electron chi connectivity index (χ3n) is 3.16. The van der Waals surface area contributed by atoms with Crippen molar-refractivity contribution in [1.82, 2.24) is 9.97 Å². The minimum atomic E-state index is -0.176. The van der Waals surface area contributed by atoms with Crippen LogP contribution >= 0.6 is 0 Å².